The van der Waals surface area contributed by atoms with Crippen molar-refractivity contribution < 1.29 is 0 Å². The zero-order valence-electron chi connectivity index (χ0n) is 8.64. The maximum Gasteiger partial charge on any atom is 0.0542 e. The third-order valence-electron chi connectivity index (χ3n) is 3.61. The second-order valence-corrected chi connectivity index (χ2v) is 4.46. The number of hydrogen-bond donors (Lipinski definition) is 3. The SMILES string of the molecule is CNC(C)NC1C2CCC1CNC2. The highest BCUT2D eigenvalue weighted by molar-refractivity contribution is 4.96. The van der Waals surface area contributed by atoms with Gasteiger partial charge in [-0.3, -0.25) is 5.32 Å². The highest BCUT2D eigenvalue weighted by Crippen LogP contribution is 2.33. The Morgan fingerprint density at radius 3 is 2.38 bits per heavy atom. The van der Waals surface area contributed by atoms with E-state index >= 15 is 0 Å². The maximum absolute atomic E-state index is 3.68. The van der Waals surface area contributed by atoms with Gasteiger partial charge in [-0.2, -0.15) is 0 Å². The van der Waals surface area contributed by atoms with Crippen LogP contribution in [0.1, 0.15) is 19.8 Å². The van der Waals surface area contributed by atoms with Gasteiger partial charge in [0, 0.05) is 6.04 Å². The van der Waals surface area contributed by atoms with E-state index in [9.17, 15) is 0 Å². The van der Waals surface area contributed by atoms with Crippen LogP contribution in [0.3, 0.4) is 0 Å². The number of piperidine rings is 1. The van der Waals surface area contributed by atoms with Gasteiger partial charge in [-0.15, -0.1) is 0 Å². The molecule has 3 nitrogen and oxygen atoms in total. The van der Waals surface area contributed by atoms with Crippen molar-refractivity contribution in [2.75, 3.05) is 20.1 Å². The van der Waals surface area contributed by atoms with E-state index in [1.165, 1.54) is 25.9 Å². The number of fused-ring (bicyclic) bond motifs is 2. The molecule has 0 aromatic carbocycles. The topological polar surface area (TPSA) is 36.1 Å². The molecule has 0 aromatic heterocycles. The Bertz CT molecular complexity index is 156. The van der Waals surface area contributed by atoms with Crippen molar-refractivity contribution in [3.8, 4) is 0 Å². The zero-order chi connectivity index (χ0) is 9.26. The van der Waals surface area contributed by atoms with E-state index in [0.717, 1.165) is 17.9 Å². The summed E-state index contributed by atoms with van der Waals surface area (Å²) in [7, 11) is 2.01. The van der Waals surface area contributed by atoms with Crippen molar-refractivity contribution in [3.05, 3.63) is 0 Å². The summed E-state index contributed by atoms with van der Waals surface area (Å²) in [4.78, 5) is 0. The molecule has 3 unspecified atom stereocenters. The molecule has 0 amide bonds. The summed E-state index contributed by atoms with van der Waals surface area (Å²) >= 11 is 0. The Kier molecular flexibility index (Phi) is 2.86. The Labute approximate surface area is 80.7 Å². The van der Waals surface area contributed by atoms with E-state index in [-0.39, 0.29) is 0 Å². The van der Waals surface area contributed by atoms with Gasteiger partial charge in [0.15, 0.2) is 0 Å². The van der Waals surface area contributed by atoms with E-state index in [2.05, 4.69) is 22.9 Å². The molecule has 0 aromatic rings. The zero-order valence-corrected chi connectivity index (χ0v) is 8.64. The van der Waals surface area contributed by atoms with Crippen molar-refractivity contribution in [1.82, 2.24) is 16.0 Å². The van der Waals surface area contributed by atoms with Crippen LogP contribution in [0.15, 0.2) is 0 Å². The first kappa shape index (κ1) is 9.44. The Balaban J connectivity index is 1.91. The van der Waals surface area contributed by atoms with Crippen LogP contribution in [0.25, 0.3) is 0 Å². The third-order valence-corrected chi connectivity index (χ3v) is 3.61. The minimum atomic E-state index is 0.450. The molecular weight excluding hydrogens is 162 g/mol. The molecule has 1 saturated heterocycles. The largest absolute Gasteiger partial charge is 0.316 e. The number of nitrogens with one attached hydrogen (secondary N) is 3. The van der Waals surface area contributed by atoms with Gasteiger partial charge in [0.25, 0.3) is 0 Å². The van der Waals surface area contributed by atoms with Crippen molar-refractivity contribution in [1.29, 1.82) is 0 Å². The molecule has 2 aliphatic rings. The lowest BCUT2D eigenvalue weighted by molar-refractivity contribution is 0.245. The molecule has 0 spiro atoms. The quantitative estimate of drug-likeness (QED) is 0.545. The van der Waals surface area contributed by atoms with Crippen LogP contribution < -0.4 is 16.0 Å². The summed E-state index contributed by atoms with van der Waals surface area (Å²) in [6, 6.07) is 0.753. The summed E-state index contributed by atoms with van der Waals surface area (Å²) in [5.41, 5.74) is 0. The van der Waals surface area contributed by atoms with Gasteiger partial charge in [-0.1, -0.05) is 0 Å². The van der Waals surface area contributed by atoms with Gasteiger partial charge in [-0.25, -0.2) is 0 Å². The highest BCUT2D eigenvalue weighted by Gasteiger charge is 2.38. The van der Waals surface area contributed by atoms with E-state index in [4.69, 9.17) is 0 Å². The van der Waals surface area contributed by atoms with E-state index < -0.39 is 0 Å². The summed E-state index contributed by atoms with van der Waals surface area (Å²) in [6.45, 7) is 4.62. The molecule has 3 N–H and O–H groups in total. The second kappa shape index (κ2) is 3.95. The molecule has 76 valence electrons. The van der Waals surface area contributed by atoms with Crippen LogP contribution in [0.4, 0.5) is 0 Å². The summed E-state index contributed by atoms with van der Waals surface area (Å²) in [5.74, 6) is 1.74. The molecule has 1 heterocycles. The molecule has 0 radical (unpaired) electrons. The summed E-state index contributed by atoms with van der Waals surface area (Å²) in [6.07, 6.45) is 3.27. The van der Waals surface area contributed by atoms with Crippen molar-refractivity contribution in [2.45, 2.75) is 32.0 Å². The van der Waals surface area contributed by atoms with Gasteiger partial charge in [0.05, 0.1) is 6.17 Å². The van der Waals surface area contributed by atoms with E-state index in [1.807, 2.05) is 7.05 Å². The van der Waals surface area contributed by atoms with Gasteiger partial charge in [-0.05, 0) is 51.7 Å². The Morgan fingerprint density at radius 2 is 1.85 bits per heavy atom. The lowest BCUT2D eigenvalue weighted by Gasteiger charge is -2.33. The summed E-state index contributed by atoms with van der Waals surface area (Å²) < 4.78 is 0. The van der Waals surface area contributed by atoms with Crippen molar-refractivity contribution in [3.63, 3.8) is 0 Å². The second-order valence-electron chi connectivity index (χ2n) is 4.46. The molecule has 2 rings (SSSR count). The van der Waals surface area contributed by atoms with Gasteiger partial charge in [0.1, 0.15) is 0 Å². The molecule has 3 atom stereocenters. The lowest BCUT2D eigenvalue weighted by Crippen LogP contribution is -2.54. The summed E-state index contributed by atoms with van der Waals surface area (Å²) in [5, 5.41) is 10.4. The van der Waals surface area contributed by atoms with Crippen LogP contribution in [0, 0.1) is 11.8 Å². The molecule has 1 aliphatic heterocycles. The molecular formula is C10H21N3. The van der Waals surface area contributed by atoms with Crippen molar-refractivity contribution in [2.24, 2.45) is 11.8 Å². The molecule has 1 aliphatic carbocycles. The number of hydrogen-bond acceptors (Lipinski definition) is 3. The van der Waals surface area contributed by atoms with E-state index in [1.54, 1.807) is 0 Å². The first-order valence-corrected chi connectivity index (χ1v) is 5.45. The standard InChI is InChI=1S/C10H21N3/c1-7(11-2)13-10-8-3-4-9(10)6-12-5-8/h7-13H,3-6H2,1-2H3. The fourth-order valence-corrected chi connectivity index (χ4v) is 2.73. The third kappa shape index (κ3) is 1.87. The van der Waals surface area contributed by atoms with Crippen molar-refractivity contribution >= 4 is 0 Å². The van der Waals surface area contributed by atoms with Crippen LogP contribution in [0.2, 0.25) is 0 Å². The molecule has 2 bridgehead atoms. The lowest BCUT2D eigenvalue weighted by atomic mass is 9.93. The monoisotopic (exact) mass is 183 g/mol. The maximum atomic E-state index is 3.68. The first-order chi connectivity index (χ1) is 6.31. The van der Waals surface area contributed by atoms with E-state index in [0.29, 0.717) is 6.17 Å². The molecule has 3 heteroatoms. The van der Waals surface area contributed by atoms with Crippen LogP contribution in [0.5, 0.6) is 0 Å². The minimum Gasteiger partial charge on any atom is -0.316 e. The average molecular weight is 183 g/mol. The average Bonchev–Trinajstić information content (AvgIpc) is 2.41. The predicted octanol–water partition coefficient (Wildman–Crippen LogP) is 0.139. The van der Waals surface area contributed by atoms with Gasteiger partial charge >= 0.3 is 0 Å². The smallest absolute Gasteiger partial charge is 0.0542 e. The van der Waals surface area contributed by atoms with Gasteiger partial charge in [0.2, 0.25) is 0 Å². The Morgan fingerprint density at radius 1 is 1.23 bits per heavy atom. The van der Waals surface area contributed by atoms with Crippen LogP contribution in [-0.4, -0.2) is 32.3 Å². The molecule has 1 saturated carbocycles. The fourth-order valence-electron chi connectivity index (χ4n) is 2.73. The first-order valence-electron chi connectivity index (χ1n) is 5.45. The molecule has 2 fully saturated rings. The molecule has 13 heavy (non-hydrogen) atoms. The van der Waals surface area contributed by atoms with Crippen LogP contribution >= 0.6 is 0 Å². The minimum absolute atomic E-state index is 0.450. The normalized spacial score (nSPS) is 40.6. The highest BCUT2D eigenvalue weighted by atomic mass is 15.1. The Hall–Kier alpha value is -0.120. The van der Waals surface area contributed by atoms with Crippen LogP contribution in [-0.2, 0) is 0 Å². The predicted molar refractivity (Wildman–Crippen MR) is 54.5 cm³/mol. The fraction of sp³-hybridized carbons (Fsp3) is 1.00. The number of rotatable bonds is 3. The van der Waals surface area contributed by atoms with Gasteiger partial charge < -0.3 is 10.6 Å².